The minimum atomic E-state index is -1.10. The number of halogens is 2. The van der Waals surface area contributed by atoms with E-state index in [0.29, 0.717) is 21.5 Å². The summed E-state index contributed by atoms with van der Waals surface area (Å²) in [6, 6.07) is 8.69. The van der Waals surface area contributed by atoms with Crippen molar-refractivity contribution in [2.45, 2.75) is 18.9 Å². The van der Waals surface area contributed by atoms with Gasteiger partial charge in [-0.05, 0) is 24.3 Å². The number of anilines is 2. The lowest BCUT2D eigenvalue weighted by Crippen LogP contribution is -2.38. The number of amides is 1. The highest BCUT2D eigenvalue weighted by atomic mass is 35.5. The van der Waals surface area contributed by atoms with Crippen LogP contribution in [0.25, 0.3) is 0 Å². The van der Waals surface area contributed by atoms with Crippen LogP contribution in [0.3, 0.4) is 0 Å². The Morgan fingerprint density at radius 1 is 1.24 bits per heavy atom. The molecule has 1 aromatic heterocycles. The molecular weight excluding hydrogens is 365 g/mol. The van der Waals surface area contributed by atoms with Crippen molar-refractivity contribution in [3.05, 3.63) is 46.6 Å². The topological polar surface area (TPSA) is 74.7 Å². The van der Waals surface area contributed by atoms with Gasteiger partial charge in [0.25, 0.3) is 0 Å². The molecule has 1 aliphatic rings. The third kappa shape index (κ3) is 4.67. The summed E-state index contributed by atoms with van der Waals surface area (Å²) in [5.74, 6) is 1.42. The summed E-state index contributed by atoms with van der Waals surface area (Å²) in [6.07, 6.45) is 2.14. The van der Waals surface area contributed by atoms with Gasteiger partial charge in [0, 0.05) is 37.0 Å². The van der Waals surface area contributed by atoms with E-state index in [1.165, 1.54) is 6.20 Å². The third-order valence-electron chi connectivity index (χ3n) is 3.95. The highest BCUT2D eigenvalue weighted by Crippen LogP contribution is 2.30. The van der Waals surface area contributed by atoms with Crippen molar-refractivity contribution in [3.63, 3.8) is 0 Å². The first-order valence-corrected chi connectivity index (χ1v) is 8.59. The molecule has 6 nitrogen and oxygen atoms in total. The van der Waals surface area contributed by atoms with E-state index in [9.17, 15) is 4.79 Å². The molecule has 1 aromatic carbocycles. The van der Waals surface area contributed by atoms with Crippen molar-refractivity contribution < 1.29 is 14.6 Å². The molecule has 0 radical (unpaired) electrons. The lowest BCUT2D eigenvalue weighted by molar-refractivity contribution is 0.171. The molecule has 132 valence electrons. The quantitative estimate of drug-likeness (QED) is 0.813. The van der Waals surface area contributed by atoms with Crippen LogP contribution < -0.4 is 15.0 Å². The summed E-state index contributed by atoms with van der Waals surface area (Å²) in [7, 11) is 0. The number of nitrogens with one attached hydrogen (secondary N) is 1. The molecule has 3 rings (SSSR count). The van der Waals surface area contributed by atoms with Gasteiger partial charge in [-0.2, -0.15) is 0 Å². The van der Waals surface area contributed by atoms with Crippen LogP contribution in [0.1, 0.15) is 12.8 Å². The first-order chi connectivity index (χ1) is 12.0. The summed E-state index contributed by atoms with van der Waals surface area (Å²) in [4.78, 5) is 17.1. The Morgan fingerprint density at radius 3 is 2.64 bits per heavy atom. The lowest BCUT2D eigenvalue weighted by Gasteiger charge is -2.33. The Balaban J connectivity index is 1.56. The average molecular weight is 382 g/mol. The van der Waals surface area contributed by atoms with Crippen LogP contribution in [0.4, 0.5) is 16.3 Å². The van der Waals surface area contributed by atoms with Gasteiger partial charge in [-0.15, -0.1) is 0 Å². The third-order valence-corrected chi connectivity index (χ3v) is 4.50. The molecule has 0 atom stereocenters. The molecule has 2 aromatic rings. The Hall–Kier alpha value is -2.18. The molecule has 0 spiro atoms. The second-order valence-corrected chi connectivity index (χ2v) is 6.56. The number of hydrogen-bond donors (Lipinski definition) is 2. The number of pyridine rings is 1. The largest absolute Gasteiger partial charge is 0.489 e. The van der Waals surface area contributed by atoms with E-state index in [4.69, 9.17) is 33.0 Å². The van der Waals surface area contributed by atoms with Gasteiger partial charge in [0.1, 0.15) is 17.7 Å². The zero-order valence-corrected chi connectivity index (χ0v) is 14.8. The Bertz CT molecular complexity index is 747. The SMILES string of the molecule is O=C(O)Nc1ccc(N2CCC(Oc3cc(Cl)ccc3Cl)CC2)nc1. The fraction of sp³-hybridized carbons (Fsp3) is 0.294. The number of carbonyl (C=O) groups is 1. The molecule has 25 heavy (non-hydrogen) atoms. The molecule has 0 saturated carbocycles. The van der Waals surface area contributed by atoms with Gasteiger partial charge >= 0.3 is 6.09 Å². The standard InChI is InChI=1S/C17H17Cl2N3O3/c18-11-1-3-14(19)15(9-11)25-13-5-7-22(8-6-13)16-4-2-12(10-20-16)21-17(23)24/h1-4,9-10,13,21H,5-8H2,(H,23,24). The second kappa shape index (κ2) is 7.80. The smallest absolute Gasteiger partial charge is 0.409 e. The first kappa shape index (κ1) is 17.6. The second-order valence-electron chi connectivity index (χ2n) is 5.71. The van der Waals surface area contributed by atoms with Crippen LogP contribution in [0.15, 0.2) is 36.5 Å². The Labute approximate surface area is 155 Å². The molecule has 0 unspecified atom stereocenters. The van der Waals surface area contributed by atoms with Crippen molar-refractivity contribution in [1.82, 2.24) is 4.98 Å². The van der Waals surface area contributed by atoms with E-state index < -0.39 is 6.09 Å². The number of rotatable bonds is 4. The van der Waals surface area contributed by atoms with Crippen LogP contribution in [0.5, 0.6) is 5.75 Å². The number of benzene rings is 1. The van der Waals surface area contributed by atoms with Crippen molar-refractivity contribution in [1.29, 1.82) is 0 Å². The van der Waals surface area contributed by atoms with Crippen LogP contribution >= 0.6 is 23.2 Å². The van der Waals surface area contributed by atoms with Crippen LogP contribution in [-0.2, 0) is 0 Å². The van der Waals surface area contributed by atoms with Crippen LogP contribution in [0, 0.1) is 0 Å². The van der Waals surface area contributed by atoms with Gasteiger partial charge in [-0.25, -0.2) is 9.78 Å². The fourth-order valence-corrected chi connectivity index (χ4v) is 3.04. The first-order valence-electron chi connectivity index (χ1n) is 7.84. The van der Waals surface area contributed by atoms with E-state index >= 15 is 0 Å². The van der Waals surface area contributed by atoms with Gasteiger partial charge in [-0.3, -0.25) is 5.32 Å². The van der Waals surface area contributed by atoms with Gasteiger partial charge in [0.2, 0.25) is 0 Å². The molecule has 0 aliphatic carbocycles. The van der Waals surface area contributed by atoms with E-state index in [1.807, 2.05) is 0 Å². The molecular formula is C17H17Cl2N3O3. The minimum absolute atomic E-state index is 0.0696. The summed E-state index contributed by atoms with van der Waals surface area (Å²) in [6.45, 7) is 1.59. The van der Waals surface area contributed by atoms with Crippen molar-refractivity contribution in [3.8, 4) is 5.75 Å². The fourth-order valence-electron chi connectivity index (χ4n) is 2.72. The van der Waals surface area contributed by atoms with Crippen LogP contribution in [-0.4, -0.2) is 35.4 Å². The van der Waals surface area contributed by atoms with Crippen LogP contribution in [0.2, 0.25) is 10.0 Å². The Morgan fingerprint density at radius 2 is 2.00 bits per heavy atom. The number of carboxylic acid groups (broad SMARTS) is 1. The number of ether oxygens (including phenoxy) is 1. The van der Waals surface area contributed by atoms with Gasteiger partial charge in [0.05, 0.1) is 16.9 Å². The minimum Gasteiger partial charge on any atom is -0.489 e. The number of piperidine rings is 1. The normalized spacial score (nSPS) is 15.0. The predicted molar refractivity (Wildman–Crippen MR) is 98.2 cm³/mol. The van der Waals surface area contributed by atoms with Gasteiger partial charge in [0.15, 0.2) is 0 Å². The summed E-state index contributed by atoms with van der Waals surface area (Å²) < 4.78 is 5.98. The highest BCUT2D eigenvalue weighted by Gasteiger charge is 2.22. The Kier molecular flexibility index (Phi) is 5.50. The maximum absolute atomic E-state index is 10.6. The monoisotopic (exact) mass is 381 g/mol. The highest BCUT2D eigenvalue weighted by molar-refractivity contribution is 6.34. The maximum atomic E-state index is 10.6. The van der Waals surface area contributed by atoms with Crippen molar-refractivity contribution >= 4 is 40.8 Å². The number of nitrogens with zero attached hydrogens (tertiary/aromatic N) is 2. The number of aromatic nitrogens is 1. The molecule has 1 amide bonds. The van der Waals surface area contributed by atoms with E-state index in [0.717, 1.165) is 31.7 Å². The molecule has 0 bridgehead atoms. The van der Waals surface area contributed by atoms with E-state index in [2.05, 4.69) is 15.2 Å². The summed E-state index contributed by atoms with van der Waals surface area (Å²) in [5, 5.41) is 12.1. The maximum Gasteiger partial charge on any atom is 0.409 e. The molecule has 1 saturated heterocycles. The molecule has 8 heteroatoms. The summed E-state index contributed by atoms with van der Waals surface area (Å²) in [5.41, 5.74) is 0.449. The summed E-state index contributed by atoms with van der Waals surface area (Å²) >= 11 is 12.1. The number of hydrogen-bond acceptors (Lipinski definition) is 4. The molecule has 2 N–H and O–H groups in total. The zero-order chi connectivity index (χ0) is 17.8. The van der Waals surface area contributed by atoms with E-state index in [1.54, 1.807) is 30.3 Å². The molecule has 1 fully saturated rings. The van der Waals surface area contributed by atoms with Gasteiger partial charge < -0.3 is 14.7 Å². The van der Waals surface area contributed by atoms with Gasteiger partial charge in [-0.1, -0.05) is 23.2 Å². The zero-order valence-electron chi connectivity index (χ0n) is 13.3. The molecule has 2 heterocycles. The van der Waals surface area contributed by atoms with E-state index in [-0.39, 0.29) is 6.10 Å². The van der Waals surface area contributed by atoms with Crippen molar-refractivity contribution in [2.75, 3.05) is 23.3 Å². The molecule has 1 aliphatic heterocycles. The van der Waals surface area contributed by atoms with Crippen molar-refractivity contribution in [2.24, 2.45) is 0 Å². The average Bonchev–Trinajstić information content (AvgIpc) is 2.59. The predicted octanol–water partition coefficient (Wildman–Crippen LogP) is 4.53. The lowest BCUT2D eigenvalue weighted by atomic mass is 10.1.